The third kappa shape index (κ3) is 5.61. The van der Waals surface area contributed by atoms with Crippen molar-refractivity contribution >= 4 is 21.5 Å². The van der Waals surface area contributed by atoms with E-state index >= 15 is 0 Å². The van der Waals surface area contributed by atoms with Gasteiger partial charge in [0.2, 0.25) is 0 Å². The van der Waals surface area contributed by atoms with Gasteiger partial charge in [0.1, 0.15) is 0 Å². The van der Waals surface area contributed by atoms with Gasteiger partial charge < -0.3 is 0 Å². The largest absolute Gasteiger partial charge is 0.228 e. The maximum absolute atomic E-state index is 5.38. The molecule has 10 aromatic carbocycles. The first-order valence-corrected chi connectivity index (χ1v) is 23.0. The van der Waals surface area contributed by atoms with Gasteiger partial charge in [0.05, 0.1) is 16.8 Å². The van der Waals surface area contributed by atoms with Gasteiger partial charge in [-0.15, -0.1) is 0 Å². The molecule has 1 heterocycles. The topological polar surface area (TPSA) is 25.8 Å². The summed E-state index contributed by atoms with van der Waals surface area (Å²) in [6.07, 6.45) is 0. The Labute approximate surface area is 385 Å². The van der Waals surface area contributed by atoms with Crippen molar-refractivity contribution in [2.75, 3.05) is 0 Å². The standard InChI is InChI=1S/C64H44N2/c1-63(2)56-37-32-41-18-12-13-25-48(41)61(56)54-34-30-43(38-57(54)63)47-35-36-53(50-27-15-14-26-49(47)50)60-40-59(65-62(66-60)42-19-6-3-7-20-42)44-31-33-52-51-28-16-17-29-55(51)64(58(52)39-44,45-21-8-4-9-22-45)46-23-10-5-11-24-46/h3-40H,1-2H3. The zero-order chi connectivity index (χ0) is 44.0. The molecule has 11 aromatic rings. The summed E-state index contributed by atoms with van der Waals surface area (Å²) in [5.74, 6) is 0.699. The van der Waals surface area contributed by atoms with Crippen molar-refractivity contribution in [1.82, 2.24) is 9.97 Å². The second-order valence-corrected chi connectivity index (χ2v) is 18.4. The Kier molecular flexibility index (Phi) is 8.51. The van der Waals surface area contributed by atoms with Gasteiger partial charge in [-0.2, -0.15) is 0 Å². The van der Waals surface area contributed by atoms with Crippen molar-refractivity contribution in [2.45, 2.75) is 24.7 Å². The third-order valence-corrected chi connectivity index (χ3v) is 14.6. The fourth-order valence-electron chi connectivity index (χ4n) is 11.5. The molecule has 0 saturated heterocycles. The van der Waals surface area contributed by atoms with Crippen LogP contribution in [0.25, 0.3) is 88.8 Å². The van der Waals surface area contributed by atoms with Gasteiger partial charge in [0.15, 0.2) is 5.82 Å². The predicted octanol–water partition coefficient (Wildman–Crippen LogP) is 16.1. The Morgan fingerprint density at radius 2 is 0.864 bits per heavy atom. The fourth-order valence-corrected chi connectivity index (χ4v) is 11.5. The quantitative estimate of drug-likeness (QED) is 0.167. The molecule has 13 rings (SSSR count). The van der Waals surface area contributed by atoms with E-state index in [0.29, 0.717) is 5.82 Å². The van der Waals surface area contributed by atoms with Gasteiger partial charge in [-0.25, -0.2) is 9.97 Å². The van der Waals surface area contributed by atoms with E-state index in [1.807, 2.05) is 6.07 Å². The van der Waals surface area contributed by atoms with E-state index in [-0.39, 0.29) is 5.41 Å². The van der Waals surface area contributed by atoms with Crippen LogP contribution in [0.1, 0.15) is 47.2 Å². The van der Waals surface area contributed by atoms with Crippen molar-refractivity contribution in [3.8, 4) is 67.3 Å². The summed E-state index contributed by atoms with van der Waals surface area (Å²) in [5.41, 5.74) is 19.6. The van der Waals surface area contributed by atoms with Crippen molar-refractivity contribution in [3.05, 3.63) is 264 Å². The van der Waals surface area contributed by atoms with Crippen LogP contribution in [0.2, 0.25) is 0 Å². The van der Waals surface area contributed by atoms with Gasteiger partial charge in [0.25, 0.3) is 0 Å². The van der Waals surface area contributed by atoms with Crippen molar-refractivity contribution in [2.24, 2.45) is 0 Å². The minimum Gasteiger partial charge on any atom is -0.228 e. The molecule has 0 N–H and O–H groups in total. The first-order chi connectivity index (χ1) is 32.5. The average Bonchev–Trinajstić information content (AvgIpc) is 3.81. The number of rotatable bonds is 6. The highest BCUT2D eigenvalue weighted by atomic mass is 14.9. The van der Waals surface area contributed by atoms with Crippen LogP contribution in [0.15, 0.2) is 231 Å². The molecule has 66 heavy (non-hydrogen) atoms. The monoisotopic (exact) mass is 840 g/mol. The highest BCUT2D eigenvalue weighted by Crippen LogP contribution is 2.57. The molecule has 0 spiro atoms. The van der Waals surface area contributed by atoms with Crippen LogP contribution in [0.4, 0.5) is 0 Å². The Balaban J connectivity index is 0.986. The lowest BCUT2D eigenvalue weighted by atomic mass is 9.67. The number of nitrogens with zero attached hydrogens (tertiary/aromatic N) is 2. The maximum Gasteiger partial charge on any atom is 0.160 e. The van der Waals surface area contributed by atoms with Gasteiger partial charge in [-0.3, -0.25) is 0 Å². The van der Waals surface area contributed by atoms with Crippen LogP contribution >= 0.6 is 0 Å². The maximum atomic E-state index is 5.38. The van der Waals surface area contributed by atoms with E-state index in [1.165, 1.54) is 82.9 Å². The first-order valence-electron chi connectivity index (χ1n) is 23.0. The van der Waals surface area contributed by atoms with E-state index in [0.717, 1.165) is 33.5 Å². The number of hydrogen-bond donors (Lipinski definition) is 0. The van der Waals surface area contributed by atoms with Gasteiger partial charge >= 0.3 is 0 Å². The summed E-state index contributed by atoms with van der Waals surface area (Å²) in [4.78, 5) is 10.8. The summed E-state index contributed by atoms with van der Waals surface area (Å²) in [6, 6.07) is 84.4. The van der Waals surface area contributed by atoms with Crippen molar-refractivity contribution < 1.29 is 0 Å². The van der Waals surface area contributed by atoms with Crippen LogP contribution < -0.4 is 0 Å². The van der Waals surface area contributed by atoms with E-state index in [1.54, 1.807) is 0 Å². The smallest absolute Gasteiger partial charge is 0.160 e. The summed E-state index contributed by atoms with van der Waals surface area (Å²) < 4.78 is 0. The summed E-state index contributed by atoms with van der Waals surface area (Å²) >= 11 is 0. The fraction of sp³-hybridized carbons (Fsp3) is 0.0625. The summed E-state index contributed by atoms with van der Waals surface area (Å²) in [7, 11) is 0. The molecule has 0 unspecified atom stereocenters. The van der Waals surface area contributed by atoms with Crippen LogP contribution in [0, 0.1) is 0 Å². The number of benzene rings is 10. The van der Waals surface area contributed by atoms with Crippen molar-refractivity contribution in [1.29, 1.82) is 0 Å². The Hall–Kier alpha value is -8.20. The Bertz CT molecular complexity index is 3680. The van der Waals surface area contributed by atoms with Gasteiger partial charge in [-0.05, 0) is 107 Å². The van der Waals surface area contributed by atoms with E-state index in [9.17, 15) is 0 Å². The zero-order valence-corrected chi connectivity index (χ0v) is 36.8. The Morgan fingerprint density at radius 3 is 1.62 bits per heavy atom. The summed E-state index contributed by atoms with van der Waals surface area (Å²) in [5, 5.41) is 4.95. The molecule has 0 radical (unpaired) electrons. The normalized spacial score (nSPS) is 13.8. The molecule has 310 valence electrons. The molecule has 2 heteroatoms. The lowest BCUT2D eigenvalue weighted by molar-refractivity contribution is 0.661. The number of hydrogen-bond acceptors (Lipinski definition) is 2. The lowest BCUT2D eigenvalue weighted by Crippen LogP contribution is -2.28. The molecular weight excluding hydrogens is 797 g/mol. The van der Waals surface area contributed by atoms with E-state index in [2.05, 4.69) is 238 Å². The van der Waals surface area contributed by atoms with Crippen LogP contribution in [0.3, 0.4) is 0 Å². The molecule has 0 saturated carbocycles. The number of fused-ring (bicyclic) bond motifs is 9. The average molecular weight is 841 g/mol. The molecule has 0 atom stereocenters. The molecule has 1 aromatic heterocycles. The highest BCUT2D eigenvalue weighted by molar-refractivity contribution is 6.07. The first kappa shape index (κ1) is 38.3. The van der Waals surface area contributed by atoms with Gasteiger partial charge in [0, 0.05) is 22.1 Å². The molecule has 2 nitrogen and oxygen atoms in total. The number of aromatic nitrogens is 2. The highest BCUT2D eigenvalue weighted by Gasteiger charge is 2.46. The van der Waals surface area contributed by atoms with Crippen LogP contribution in [0.5, 0.6) is 0 Å². The zero-order valence-electron chi connectivity index (χ0n) is 36.8. The molecule has 0 bridgehead atoms. The van der Waals surface area contributed by atoms with Gasteiger partial charge in [-0.1, -0.05) is 226 Å². The molecule has 0 fully saturated rings. The third-order valence-electron chi connectivity index (χ3n) is 14.6. The lowest BCUT2D eigenvalue weighted by Gasteiger charge is -2.34. The van der Waals surface area contributed by atoms with Crippen LogP contribution in [-0.2, 0) is 10.8 Å². The second-order valence-electron chi connectivity index (χ2n) is 18.4. The Morgan fingerprint density at radius 1 is 0.318 bits per heavy atom. The minimum absolute atomic E-state index is 0.131. The van der Waals surface area contributed by atoms with E-state index in [4.69, 9.17) is 9.97 Å². The molecule has 0 amide bonds. The minimum atomic E-state index is -0.516. The molecule has 2 aliphatic carbocycles. The van der Waals surface area contributed by atoms with E-state index < -0.39 is 5.41 Å². The van der Waals surface area contributed by atoms with Crippen LogP contribution in [-0.4, -0.2) is 9.97 Å². The predicted molar refractivity (Wildman–Crippen MR) is 274 cm³/mol. The molecule has 0 aliphatic heterocycles. The second kappa shape index (κ2) is 14.7. The summed E-state index contributed by atoms with van der Waals surface area (Å²) in [6.45, 7) is 4.75. The SMILES string of the molecule is CC1(C)c2cc(-c3ccc(-c4cc(-c5ccc6c(c5)C(c5ccccc5)(c5ccccc5)c5ccccc5-6)nc(-c5ccccc5)n4)c4ccccc34)ccc2-c2c1ccc1ccccc21. The molecule has 2 aliphatic rings. The molecular formula is C64H44N2. The van der Waals surface area contributed by atoms with Crippen molar-refractivity contribution in [3.63, 3.8) is 0 Å².